The zero-order valence-corrected chi connectivity index (χ0v) is 22.1. The molecule has 9 heteroatoms. The molecule has 0 radical (unpaired) electrons. The molecule has 3 fully saturated rings. The summed E-state index contributed by atoms with van der Waals surface area (Å²) in [5.41, 5.74) is 3.00. The quantitative estimate of drug-likeness (QED) is 0.546. The van der Waals surface area contributed by atoms with Crippen molar-refractivity contribution in [2.75, 3.05) is 49.1 Å². The van der Waals surface area contributed by atoms with Crippen molar-refractivity contribution < 1.29 is 4.79 Å². The highest BCUT2D eigenvalue weighted by molar-refractivity contribution is 5.78. The number of urea groups is 1. The van der Waals surface area contributed by atoms with Crippen molar-refractivity contribution in [3.8, 4) is 0 Å². The number of carbonyl (C=O) groups is 1. The van der Waals surface area contributed by atoms with Crippen LogP contribution in [0.3, 0.4) is 0 Å². The van der Waals surface area contributed by atoms with E-state index in [1.807, 2.05) is 11.8 Å². The lowest BCUT2D eigenvalue weighted by atomic mass is 9.82. The van der Waals surface area contributed by atoms with Gasteiger partial charge in [-0.15, -0.1) is 0 Å². The Morgan fingerprint density at radius 2 is 1.66 bits per heavy atom. The molecule has 2 amide bonds. The lowest BCUT2D eigenvalue weighted by Crippen LogP contribution is -2.46. The maximum absolute atomic E-state index is 13.2. The highest BCUT2D eigenvalue weighted by atomic mass is 16.2. The van der Waals surface area contributed by atoms with Crippen LogP contribution in [0.1, 0.15) is 31.0 Å². The number of hydrogen-bond acceptors (Lipinski definition) is 6. The summed E-state index contributed by atoms with van der Waals surface area (Å²) < 4.78 is 1.78. The summed E-state index contributed by atoms with van der Waals surface area (Å²) in [5, 5.41) is 3.21. The SMILES string of the molecule is Cc1cc(N2CCC(C)(c3ccccc3)C2)cc(=O)n1CCN1CC2(CCN(c3ncccn3)C2)NC1=O. The molecular formula is C29H35N7O2. The number of hydrogen-bond donors (Lipinski definition) is 1. The average Bonchev–Trinajstić information content (AvgIpc) is 3.62. The minimum atomic E-state index is -0.304. The van der Waals surface area contributed by atoms with Crippen LogP contribution >= 0.6 is 0 Å². The van der Waals surface area contributed by atoms with Crippen molar-refractivity contribution in [2.24, 2.45) is 0 Å². The van der Waals surface area contributed by atoms with Crippen LogP contribution in [0.5, 0.6) is 0 Å². The topological polar surface area (TPSA) is 86.6 Å². The molecule has 3 aliphatic rings. The molecule has 0 bridgehead atoms. The number of pyridine rings is 1. The van der Waals surface area contributed by atoms with Crippen LogP contribution in [0, 0.1) is 6.92 Å². The molecule has 198 valence electrons. The molecule has 2 unspecified atom stereocenters. The Morgan fingerprint density at radius 3 is 2.42 bits per heavy atom. The van der Waals surface area contributed by atoms with Crippen molar-refractivity contribution in [1.82, 2.24) is 24.8 Å². The van der Waals surface area contributed by atoms with Gasteiger partial charge < -0.3 is 24.6 Å². The molecule has 1 aromatic carbocycles. The molecule has 9 nitrogen and oxygen atoms in total. The summed E-state index contributed by atoms with van der Waals surface area (Å²) in [6.45, 7) is 9.18. The summed E-state index contributed by atoms with van der Waals surface area (Å²) in [4.78, 5) is 41.0. The Balaban J connectivity index is 1.10. The first-order valence-electron chi connectivity index (χ1n) is 13.5. The molecule has 0 saturated carbocycles. The van der Waals surface area contributed by atoms with Gasteiger partial charge in [-0.3, -0.25) is 4.79 Å². The first-order valence-corrected chi connectivity index (χ1v) is 13.5. The van der Waals surface area contributed by atoms with Crippen LogP contribution in [0.25, 0.3) is 0 Å². The molecular weight excluding hydrogens is 478 g/mol. The van der Waals surface area contributed by atoms with Crippen molar-refractivity contribution in [3.05, 3.63) is 82.5 Å². The molecule has 38 heavy (non-hydrogen) atoms. The van der Waals surface area contributed by atoms with E-state index in [1.165, 1.54) is 5.56 Å². The van der Waals surface area contributed by atoms with Gasteiger partial charge in [0.1, 0.15) is 0 Å². The van der Waals surface area contributed by atoms with E-state index in [-0.39, 0.29) is 22.5 Å². The largest absolute Gasteiger partial charge is 0.370 e. The summed E-state index contributed by atoms with van der Waals surface area (Å²) in [6, 6.07) is 16.2. The van der Waals surface area contributed by atoms with E-state index in [9.17, 15) is 9.59 Å². The maximum atomic E-state index is 13.2. The fraction of sp³-hybridized carbons (Fsp3) is 0.448. The minimum Gasteiger partial charge on any atom is -0.370 e. The van der Waals surface area contributed by atoms with E-state index < -0.39 is 0 Å². The Morgan fingerprint density at radius 1 is 0.895 bits per heavy atom. The second kappa shape index (κ2) is 9.45. The number of anilines is 2. The second-order valence-corrected chi connectivity index (χ2v) is 11.3. The van der Waals surface area contributed by atoms with Crippen molar-refractivity contribution in [3.63, 3.8) is 0 Å². The molecule has 6 rings (SSSR count). The fourth-order valence-corrected chi connectivity index (χ4v) is 6.35. The smallest absolute Gasteiger partial charge is 0.318 e. The number of nitrogens with zero attached hydrogens (tertiary/aromatic N) is 6. The number of nitrogens with one attached hydrogen (secondary N) is 1. The Labute approximate surface area is 223 Å². The van der Waals surface area contributed by atoms with Gasteiger partial charge >= 0.3 is 6.03 Å². The van der Waals surface area contributed by atoms with Gasteiger partial charge in [-0.2, -0.15) is 0 Å². The van der Waals surface area contributed by atoms with Gasteiger partial charge in [-0.1, -0.05) is 37.3 Å². The first kappa shape index (κ1) is 24.5. The van der Waals surface area contributed by atoms with Crippen LogP contribution in [0.15, 0.2) is 65.7 Å². The molecule has 1 spiro atoms. The number of aromatic nitrogens is 3. The van der Waals surface area contributed by atoms with Gasteiger partial charge in [0, 0.05) is 81.1 Å². The predicted octanol–water partition coefficient (Wildman–Crippen LogP) is 2.79. The number of amides is 2. The van der Waals surface area contributed by atoms with Gasteiger partial charge in [0.05, 0.1) is 5.54 Å². The number of aryl methyl sites for hydroxylation is 1. The van der Waals surface area contributed by atoms with Crippen LogP contribution in [-0.2, 0) is 12.0 Å². The van der Waals surface area contributed by atoms with Gasteiger partial charge in [0.2, 0.25) is 5.95 Å². The molecule has 3 saturated heterocycles. The van der Waals surface area contributed by atoms with Crippen LogP contribution in [0.4, 0.5) is 16.4 Å². The molecule has 3 aromatic rings. The summed E-state index contributed by atoms with van der Waals surface area (Å²) in [6.07, 6.45) is 5.38. The van der Waals surface area contributed by atoms with Crippen molar-refractivity contribution in [1.29, 1.82) is 0 Å². The predicted molar refractivity (Wildman–Crippen MR) is 148 cm³/mol. The Hall–Kier alpha value is -3.88. The third-order valence-corrected chi connectivity index (χ3v) is 8.56. The normalized spacial score (nSPS) is 25.0. The third kappa shape index (κ3) is 4.50. The lowest BCUT2D eigenvalue weighted by molar-refractivity contribution is 0.215. The monoisotopic (exact) mass is 513 g/mol. The molecule has 2 atom stereocenters. The molecule has 3 aliphatic heterocycles. The van der Waals surface area contributed by atoms with E-state index in [1.54, 1.807) is 29.1 Å². The number of carbonyl (C=O) groups excluding carboxylic acids is 1. The Kier molecular flexibility index (Phi) is 6.08. The van der Waals surface area contributed by atoms with E-state index in [0.29, 0.717) is 32.1 Å². The molecule has 0 aliphatic carbocycles. The van der Waals surface area contributed by atoms with E-state index >= 15 is 0 Å². The second-order valence-electron chi connectivity index (χ2n) is 11.3. The van der Waals surface area contributed by atoms with Gasteiger partial charge in [0.25, 0.3) is 5.56 Å². The standard InChI is InChI=1S/C29H35N7O2/c1-22-17-24(33-13-9-28(2,19-33)23-7-4-3-5-8-23)18-25(37)36(22)16-15-35-21-29(32-27(35)38)10-14-34(20-29)26-30-11-6-12-31-26/h3-8,11-12,17-18H,9-10,13-16,19-21H2,1-2H3,(H,32,38). The zero-order valence-electron chi connectivity index (χ0n) is 22.1. The fourth-order valence-electron chi connectivity index (χ4n) is 6.35. The minimum absolute atomic E-state index is 0.0177. The van der Waals surface area contributed by atoms with Crippen LogP contribution in [0.2, 0.25) is 0 Å². The summed E-state index contributed by atoms with van der Waals surface area (Å²) in [7, 11) is 0. The summed E-state index contributed by atoms with van der Waals surface area (Å²) >= 11 is 0. The summed E-state index contributed by atoms with van der Waals surface area (Å²) in [5.74, 6) is 0.696. The molecule has 1 N–H and O–H groups in total. The molecule has 2 aromatic heterocycles. The van der Waals surface area contributed by atoms with Gasteiger partial charge in [-0.05, 0) is 37.5 Å². The maximum Gasteiger partial charge on any atom is 0.318 e. The van der Waals surface area contributed by atoms with Crippen molar-refractivity contribution in [2.45, 2.75) is 44.2 Å². The lowest BCUT2D eigenvalue weighted by Gasteiger charge is -2.27. The van der Waals surface area contributed by atoms with Crippen molar-refractivity contribution >= 4 is 17.7 Å². The Bertz CT molecular complexity index is 1380. The van der Waals surface area contributed by atoms with E-state index in [4.69, 9.17) is 0 Å². The third-order valence-electron chi connectivity index (χ3n) is 8.56. The number of benzene rings is 1. The first-order chi connectivity index (χ1) is 18.3. The van der Waals surface area contributed by atoms with Gasteiger partial charge in [0.15, 0.2) is 0 Å². The average molecular weight is 514 g/mol. The van der Waals surface area contributed by atoms with Crippen LogP contribution < -0.4 is 20.7 Å². The number of rotatable bonds is 6. The highest BCUT2D eigenvalue weighted by Crippen LogP contribution is 2.36. The van der Waals surface area contributed by atoms with Gasteiger partial charge in [-0.25, -0.2) is 14.8 Å². The van der Waals surface area contributed by atoms with E-state index in [0.717, 1.165) is 43.9 Å². The molecule has 5 heterocycles. The highest BCUT2D eigenvalue weighted by Gasteiger charge is 2.47. The van der Waals surface area contributed by atoms with Crippen LogP contribution in [-0.4, -0.2) is 70.3 Å². The zero-order chi connectivity index (χ0) is 26.3. The van der Waals surface area contributed by atoms with E-state index in [2.05, 4.69) is 68.4 Å².